The smallest absolute Gasteiger partial charge is 0.342 e. The number of ether oxygens (including phenoxy) is 2. The van der Waals surface area contributed by atoms with Crippen molar-refractivity contribution in [2.75, 3.05) is 0 Å². The van der Waals surface area contributed by atoms with Crippen molar-refractivity contribution in [3.8, 4) is 5.75 Å². The Balaban J connectivity index is 1.54. The highest BCUT2D eigenvalue weighted by atomic mass is 16.5. The van der Waals surface area contributed by atoms with Crippen molar-refractivity contribution in [1.29, 1.82) is 0 Å². The second-order valence-corrected chi connectivity index (χ2v) is 7.32. The van der Waals surface area contributed by atoms with E-state index in [0.717, 1.165) is 22.1 Å². The maximum absolute atomic E-state index is 12.8. The number of aryl methyl sites for hydroxylation is 2. The van der Waals surface area contributed by atoms with E-state index in [9.17, 15) is 9.59 Å². The van der Waals surface area contributed by atoms with Crippen LogP contribution in [0.1, 0.15) is 32.6 Å². The van der Waals surface area contributed by atoms with E-state index in [4.69, 9.17) is 13.9 Å². The van der Waals surface area contributed by atoms with Gasteiger partial charge in [-0.1, -0.05) is 54.6 Å². The van der Waals surface area contributed by atoms with E-state index < -0.39 is 11.6 Å². The average molecular weight is 414 g/mol. The van der Waals surface area contributed by atoms with Gasteiger partial charge in [0.15, 0.2) is 0 Å². The van der Waals surface area contributed by atoms with Gasteiger partial charge in [0.25, 0.3) is 0 Å². The molecule has 0 atom stereocenters. The van der Waals surface area contributed by atoms with Crippen LogP contribution in [0.2, 0.25) is 0 Å². The maximum atomic E-state index is 12.8. The van der Waals surface area contributed by atoms with Gasteiger partial charge in [0, 0.05) is 17.0 Å². The number of para-hydroxylation sites is 1. The van der Waals surface area contributed by atoms with Gasteiger partial charge in [0.2, 0.25) is 0 Å². The van der Waals surface area contributed by atoms with Crippen molar-refractivity contribution >= 4 is 16.9 Å². The van der Waals surface area contributed by atoms with Crippen LogP contribution in [-0.2, 0) is 18.0 Å². The molecule has 0 spiro atoms. The van der Waals surface area contributed by atoms with Crippen LogP contribution in [0, 0.1) is 13.8 Å². The Bertz CT molecular complexity index is 1290. The van der Waals surface area contributed by atoms with Crippen LogP contribution in [0.25, 0.3) is 11.0 Å². The average Bonchev–Trinajstić information content (AvgIpc) is 2.79. The van der Waals surface area contributed by atoms with Gasteiger partial charge in [-0.05, 0) is 42.7 Å². The lowest BCUT2D eigenvalue weighted by atomic mass is 10.0. The summed E-state index contributed by atoms with van der Waals surface area (Å²) >= 11 is 0. The summed E-state index contributed by atoms with van der Waals surface area (Å²) in [7, 11) is 0. The molecule has 3 aromatic carbocycles. The summed E-state index contributed by atoms with van der Waals surface area (Å²) in [6, 6.07) is 21.9. The van der Waals surface area contributed by atoms with Gasteiger partial charge in [-0.15, -0.1) is 0 Å². The number of benzene rings is 3. The maximum Gasteiger partial charge on any atom is 0.342 e. The molecule has 1 heterocycles. The van der Waals surface area contributed by atoms with Gasteiger partial charge in [-0.2, -0.15) is 0 Å². The molecular weight excluding hydrogens is 392 g/mol. The first kappa shape index (κ1) is 20.4. The molecular formula is C26H22O5. The monoisotopic (exact) mass is 414 g/mol. The Morgan fingerprint density at radius 3 is 2.45 bits per heavy atom. The van der Waals surface area contributed by atoms with Crippen LogP contribution in [0.4, 0.5) is 0 Å². The first-order valence-electron chi connectivity index (χ1n) is 9.99. The molecule has 0 aliphatic rings. The third-order valence-corrected chi connectivity index (χ3v) is 5.22. The van der Waals surface area contributed by atoms with Crippen molar-refractivity contribution in [3.05, 3.63) is 111 Å². The van der Waals surface area contributed by atoms with Crippen LogP contribution in [-0.4, -0.2) is 5.97 Å². The Hall–Kier alpha value is -3.86. The van der Waals surface area contributed by atoms with E-state index in [1.54, 1.807) is 24.3 Å². The molecule has 0 saturated heterocycles. The third kappa shape index (κ3) is 4.51. The minimum Gasteiger partial charge on any atom is -0.488 e. The molecule has 5 heteroatoms. The topological polar surface area (TPSA) is 65.7 Å². The van der Waals surface area contributed by atoms with E-state index in [0.29, 0.717) is 29.1 Å². The van der Waals surface area contributed by atoms with Crippen LogP contribution in [0.15, 0.2) is 82.0 Å². The molecule has 4 rings (SSSR count). The SMILES string of the molecule is Cc1ccc2c(COC(=O)c3ccccc3OCc3ccccc3)cc(=O)oc2c1C. The van der Waals surface area contributed by atoms with E-state index in [2.05, 4.69) is 0 Å². The van der Waals surface area contributed by atoms with E-state index in [1.807, 2.05) is 56.3 Å². The number of fused-ring (bicyclic) bond motifs is 1. The quantitative estimate of drug-likeness (QED) is 0.314. The molecule has 0 aliphatic heterocycles. The van der Waals surface area contributed by atoms with Crippen molar-refractivity contribution in [2.45, 2.75) is 27.1 Å². The Morgan fingerprint density at radius 1 is 0.903 bits per heavy atom. The Kier molecular flexibility index (Phi) is 5.85. The first-order chi connectivity index (χ1) is 15.0. The van der Waals surface area contributed by atoms with Crippen LogP contribution in [0.5, 0.6) is 5.75 Å². The van der Waals surface area contributed by atoms with Gasteiger partial charge in [0.1, 0.15) is 30.1 Å². The van der Waals surface area contributed by atoms with Gasteiger partial charge >= 0.3 is 11.6 Å². The molecule has 0 unspecified atom stereocenters. The highest BCUT2D eigenvalue weighted by molar-refractivity contribution is 5.92. The Morgan fingerprint density at radius 2 is 1.65 bits per heavy atom. The minimum absolute atomic E-state index is 0.0452. The summed E-state index contributed by atoms with van der Waals surface area (Å²) in [5.41, 5.74) is 3.89. The summed E-state index contributed by atoms with van der Waals surface area (Å²) in [6.07, 6.45) is 0. The number of hydrogen-bond acceptors (Lipinski definition) is 5. The molecule has 4 aromatic rings. The van der Waals surface area contributed by atoms with E-state index in [-0.39, 0.29) is 6.61 Å². The standard InChI is InChI=1S/C26H22O5/c1-17-12-13-21-20(14-24(27)31-25(21)18(17)2)16-30-26(28)22-10-6-7-11-23(22)29-15-19-8-4-3-5-9-19/h3-14H,15-16H2,1-2H3. The van der Waals surface area contributed by atoms with Gasteiger partial charge in [0.05, 0.1) is 0 Å². The fourth-order valence-electron chi connectivity index (χ4n) is 3.36. The number of esters is 1. The molecule has 156 valence electrons. The normalized spacial score (nSPS) is 10.8. The number of carbonyl (C=O) groups is 1. The molecule has 0 saturated carbocycles. The third-order valence-electron chi connectivity index (χ3n) is 5.22. The summed E-state index contributed by atoms with van der Waals surface area (Å²) in [5, 5.41) is 0.754. The lowest BCUT2D eigenvalue weighted by Crippen LogP contribution is -2.10. The second kappa shape index (κ2) is 8.88. The lowest BCUT2D eigenvalue weighted by molar-refractivity contribution is 0.0468. The van der Waals surface area contributed by atoms with Crippen LogP contribution in [0.3, 0.4) is 0 Å². The highest BCUT2D eigenvalue weighted by Gasteiger charge is 2.16. The predicted molar refractivity (Wildman–Crippen MR) is 118 cm³/mol. The largest absolute Gasteiger partial charge is 0.488 e. The van der Waals surface area contributed by atoms with Gasteiger partial charge < -0.3 is 13.9 Å². The molecule has 0 N–H and O–H groups in total. The van der Waals surface area contributed by atoms with Crippen molar-refractivity contribution in [1.82, 2.24) is 0 Å². The number of carbonyl (C=O) groups excluding carboxylic acids is 1. The molecule has 0 bridgehead atoms. The second-order valence-electron chi connectivity index (χ2n) is 7.32. The zero-order valence-electron chi connectivity index (χ0n) is 17.4. The fourth-order valence-corrected chi connectivity index (χ4v) is 3.36. The molecule has 1 aromatic heterocycles. The number of rotatable bonds is 6. The summed E-state index contributed by atoms with van der Waals surface area (Å²) in [5.74, 6) is -0.0749. The zero-order valence-corrected chi connectivity index (χ0v) is 17.4. The first-order valence-corrected chi connectivity index (χ1v) is 9.99. The van der Waals surface area contributed by atoms with Crippen molar-refractivity contribution < 1.29 is 18.7 Å². The lowest BCUT2D eigenvalue weighted by Gasteiger charge is -2.12. The molecule has 5 nitrogen and oxygen atoms in total. The molecule has 0 amide bonds. The fraction of sp³-hybridized carbons (Fsp3) is 0.154. The summed E-state index contributed by atoms with van der Waals surface area (Å²) in [6.45, 7) is 4.15. The molecule has 31 heavy (non-hydrogen) atoms. The zero-order chi connectivity index (χ0) is 21.8. The summed E-state index contributed by atoms with van der Waals surface area (Å²) < 4.78 is 16.8. The molecule has 0 aliphatic carbocycles. The van der Waals surface area contributed by atoms with Gasteiger partial charge in [-0.25, -0.2) is 9.59 Å². The van der Waals surface area contributed by atoms with Gasteiger partial charge in [-0.3, -0.25) is 0 Å². The molecule has 0 fully saturated rings. The van der Waals surface area contributed by atoms with Crippen molar-refractivity contribution in [3.63, 3.8) is 0 Å². The van der Waals surface area contributed by atoms with Crippen molar-refractivity contribution in [2.24, 2.45) is 0 Å². The highest BCUT2D eigenvalue weighted by Crippen LogP contribution is 2.25. The number of hydrogen-bond donors (Lipinski definition) is 0. The van der Waals surface area contributed by atoms with E-state index in [1.165, 1.54) is 6.07 Å². The van der Waals surface area contributed by atoms with Crippen LogP contribution >= 0.6 is 0 Å². The Labute approximate surface area is 179 Å². The van der Waals surface area contributed by atoms with E-state index >= 15 is 0 Å². The molecule has 0 radical (unpaired) electrons. The van der Waals surface area contributed by atoms with Crippen LogP contribution < -0.4 is 10.4 Å². The minimum atomic E-state index is -0.520. The predicted octanol–water partition coefficient (Wildman–Crippen LogP) is 5.35. The summed E-state index contributed by atoms with van der Waals surface area (Å²) in [4.78, 5) is 24.8.